The lowest BCUT2D eigenvalue weighted by molar-refractivity contribution is -0.115. The molecule has 0 spiro atoms. The number of anilines is 2. The van der Waals surface area contributed by atoms with Crippen molar-refractivity contribution in [1.82, 2.24) is 0 Å². The predicted octanol–water partition coefficient (Wildman–Crippen LogP) is 3.36. The van der Waals surface area contributed by atoms with Crippen LogP contribution in [0.15, 0.2) is 42.5 Å². The molecule has 22 heavy (non-hydrogen) atoms. The van der Waals surface area contributed by atoms with Gasteiger partial charge < -0.3 is 10.5 Å². The number of hydrogen-bond acceptors (Lipinski definition) is 4. The van der Waals surface area contributed by atoms with E-state index in [4.69, 9.17) is 10.5 Å². The van der Waals surface area contributed by atoms with Gasteiger partial charge in [-0.3, -0.25) is 9.69 Å². The molecule has 1 amide bonds. The quantitative estimate of drug-likeness (QED) is 0.883. The van der Waals surface area contributed by atoms with Gasteiger partial charge in [0.25, 0.3) is 0 Å². The zero-order valence-electron chi connectivity index (χ0n) is 12.6. The van der Waals surface area contributed by atoms with Gasteiger partial charge in [0, 0.05) is 5.69 Å². The lowest BCUT2D eigenvalue weighted by atomic mass is 10.1. The smallest absolute Gasteiger partial charge is 0.238 e. The number of rotatable bonds is 3. The van der Waals surface area contributed by atoms with Crippen LogP contribution in [0.1, 0.15) is 16.5 Å². The molecule has 4 nitrogen and oxygen atoms in total. The number of carbonyl (C=O) groups excluding carboxylic acids is 1. The van der Waals surface area contributed by atoms with E-state index in [2.05, 4.69) is 0 Å². The van der Waals surface area contributed by atoms with Gasteiger partial charge in [-0.05, 0) is 42.3 Å². The van der Waals surface area contributed by atoms with Crippen LogP contribution in [-0.2, 0) is 4.79 Å². The molecule has 1 saturated heterocycles. The Hall–Kier alpha value is -2.14. The minimum Gasteiger partial charge on any atom is -0.495 e. The monoisotopic (exact) mass is 314 g/mol. The molecule has 2 aromatic carbocycles. The molecule has 1 unspecified atom stereocenters. The number of ether oxygens (including phenoxy) is 1. The van der Waals surface area contributed by atoms with Crippen molar-refractivity contribution in [3.8, 4) is 5.75 Å². The van der Waals surface area contributed by atoms with Gasteiger partial charge in [0.05, 0.1) is 18.6 Å². The summed E-state index contributed by atoms with van der Waals surface area (Å²) in [4.78, 5) is 14.3. The van der Waals surface area contributed by atoms with E-state index in [1.165, 1.54) is 0 Å². The van der Waals surface area contributed by atoms with Crippen LogP contribution in [-0.4, -0.2) is 18.8 Å². The third kappa shape index (κ3) is 2.64. The fourth-order valence-corrected chi connectivity index (χ4v) is 3.79. The first-order valence-corrected chi connectivity index (χ1v) is 8.09. The molecule has 1 atom stereocenters. The molecule has 2 N–H and O–H groups in total. The van der Waals surface area contributed by atoms with Crippen molar-refractivity contribution < 1.29 is 9.53 Å². The number of carbonyl (C=O) groups is 1. The molecule has 5 heteroatoms. The maximum absolute atomic E-state index is 12.4. The highest BCUT2D eigenvalue weighted by molar-refractivity contribution is 8.00. The van der Waals surface area contributed by atoms with E-state index < -0.39 is 0 Å². The van der Waals surface area contributed by atoms with Gasteiger partial charge in [-0.2, -0.15) is 0 Å². The lowest BCUT2D eigenvalue weighted by Crippen LogP contribution is -2.28. The van der Waals surface area contributed by atoms with Crippen molar-refractivity contribution >= 4 is 29.0 Å². The highest BCUT2D eigenvalue weighted by Gasteiger charge is 2.35. The molecule has 0 bridgehead atoms. The molecule has 0 aromatic heterocycles. The van der Waals surface area contributed by atoms with Gasteiger partial charge in [-0.15, -0.1) is 11.8 Å². The second-order valence-electron chi connectivity index (χ2n) is 5.27. The van der Waals surface area contributed by atoms with Gasteiger partial charge in [0.1, 0.15) is 11.1 Å². The van der Waals surface area contributed by atoms with Gasteiger partial charge in [-0.25, -0.2) is 0 Å². The normalized spacial score (nSPS) is 17.8. The second kappa shape index (κ2) is 5.93. The minimum atomic E-state index is -0.0771. The molecule has 3 rings (SSSR count). The molecular formula is C17H18N2O2S. The second-order valence-corrected chi connectivity index (χ2v) is 6.34. The lowest BCUT2D eigenvalue weighted by Gasteiger charge is -2.26. The van der Waals surface area contributed by atoms with Crippen LogP contribution in [0.5, 0.6) is 5.75 Å². The van der Waals surface area contributed by atoms with Crippen LogP contribution < -0.4 is 15.4 Å². The average molecular weight is 314 g/mol. The third-order valence-corrected chi connectivity index (χ3v) is 4.87. The highest BCUT2D eigenvalue weighted by Crippen LogP contribution is 2.45. The van der Waals surface area contributed by atoms with Crippen molar-refractivity contribution in [3.63, 3.8) is 0 Å². The third-order valence-electron chi connectivity index (χ3n) is 3.66. The summed E-state index contributed by atoms with van der Waals surface area (Å²) >= 11 is 1.61. The zero-order valence-corrected chi connectivity index (χ0v) is 13.4. The van der Waals surface area contributed by atoms with Crippen LogP contribution in [0.25, 0.3) is 0 Å². The first kappa shape index (κ1) is 14.8. The maximum Gasteiger partial charge on any atom is 0.238 e. The van der Waals surface area contributed by atoms with Gasteiger partial charge in [0.15, 0.2) is 0 Å². The molecule has 0 aliphatic carbocycles. The van der Waals surface area contributed by atoms with E-state index in [1.54, 1.807) is 18.9 Å². The van der Waals surface area contributed by atoms with E-state index in [-0.39, 0.29) is 11.3 Å². The van der Waals surface area contributed by atoms with E-state index in [0.29, 0.717) is 17.2 Å². The van der Waals surface area contributed by atoms with E-state index in [9.17, 15) is 4.79 Å². The fraction of sp³-hybridized carbons (Fsp3) is 0.235. The Morgan fingerprint density at radius 1 is 1.27 bits per heavy atom. The first-order valence-electron chi connectivity index (χ1n) is 7.04. The molecule has 1 aliphatic rings. The van der Waals surface area contributed by atoms with Crippen LogP contribution >= 0.6 is 11.8 Å². The highest BCUT2D eigenvalue weighted by atomic mass is 32.2. The van der Waals surface area contributed by atoms with Crippen LogP contribution in [0.2, 0.25) is 0 Å². The first-order chi connectivity index (χ1) is 10.6. The summed E-state index contributed by atoms with van der Waals surface area (Å²) < 4.78 is 5.44. The number of aryl methyl sites for hydroxylation is 1. The van der Waals surface area contributed by atoms with Crippen LogP contribution in [0.3, 0.4) is 0 Å². The van der Waals surface area contributed by atoms with Gasteiger partial charge >= 0.3 is 0 Å². The summed E-state index contributed by atoms with van der Waals surface area (Å²) in [5, 5.41) is -0.0771. The van der Waals surface area contributed by atoms with Gasteiger partial charge in [0.2, 0.25) is 5.91 Å². The van der Waals surface area contributed by atoms with Crippen molar-refractivity contribution in [2.24, 2.45) is 0 Å². The molecule has 114 valence electrons. The Labute approximate surface area is 134 Å². The molecule has 1 fully saturated rings. The van der Waals surface area contributed by atoms with Crippen molar-refractivity contribution in [3.05, 3.63) is 53.6 Å². The van der Waals surface area contributed by atoms with Gasteiger partial charge in [-0.1, -0.05) is 18.2 Å². The number of nitrogens with zero attached hydrogens (tertiary/aromatic N) is 1. The Kier molecular flexibility index (Phi) is 3.98. The number of nitrogens with two attached hydrogens (primary N) is 1. The molecule has 2 aromatic rings. The Morgan fingerprint density at radius 3 is 2.82 bits per heavy atom. The summed E-state index contributed by atoms with van der Waals surface area (Å²) in [5.41, 5.74) is 9.52. The SMILES string of the molecule is COc1ccc(C)cc1N1C(=O)CSC1c1cccc(N)c1. The number of hydrogen-bond donors (Lipinski definition) is 1. The molecule has 0 radical (unpaired) electrons. The van der Waals surface area contributed by atoms with Crippen molar-refractivity contribution in [2.45, 2.75) is 12.3 Å². The molecule has 1 heterocycles. The fourth-order valence-electron chi connectivity index (χ4n) is 2.63. The number of thioether (sulfide) groups is 1. The number of nitrogen functional groups attached to an aromatic ring is 1. The van der Waals surface area contributed by atoms with E-state index in [1.807, 2.05) is 54.3 Å². The molecule has 0 saturated carbocycles. The molecule has 1 aliphatic heterocycles. The van der Waals surface area contributed by atoms with Crippen molar-refractivity contribution in [1.29, 1.82) is 0 Å². The average Bonchev–Trinajstić information content (AvgIpc) is 2.89. The number of amides is 1. The standard InChI is InChI=1S/C17H18N2O2S/c1-11-6-7-15(21-2)14(8-11)19-16(20)10-22-17(19)12-4-3-5-13(18)9-12/h3-9,17H,10,18H2,1-2H3. The van der Waals surface area contributed by atoms with Crippen molar-refractivity contribution in [2.75, 3.05) is 23.5 Å². The van der Waals surface area contributed by atoms with Crippen LogP contribution in [0.4, 0.5) is 11.4 Å². The summed E-state index contributed by atoms with van der Waals surface area (Å²) in [5.74, 6) is 1.24. The Bertz CT molecular complexity index is 718. The summed E-state index contributed by atoms with van der Waals surface area (Å²) in [6.07, 6.45) is 0. The largest absolute Gasteiger partial charge is 0.495 e. The predicted molar refractivity (Wildman–Crippen MR) is 91.3 cm³/mol. The van der Waals surface area contributed by atoms with E-state index in [0.717, 1.165) is 16.8 Å². The molecular weight excluding hydrogens is 296 g/mol. The number of benzene rings is 2. The zero-order chi connectivity index (χ0) is 15.7. The Morgan fingerprint density at radius 2 is 2.09 bits per heavy atom. The Balaban J connectivity index is 2.07. The maximum atomic E-state index is 12.4. The summed E-state index contributed by atoms with van der Waals surface area (Å²) in [6, 6.07) is 13.6. The topological polar surface area (TPSA) is 55.6 Å². The number of methoxy groups -OCH3 is 1. The minimum absolute atomic E-state index is 0.0771. The summed E-state index contributed by atoms with van der Waals surface area (Å²) in [7, 11) is 1.62. The van der Waals surface area contributed by atoms with Crippen LogP contribution in [0, 0.1) is 6.92 Å². The summed E-state index contributed by atoms with van der Waals surface area (Å²) in [6.45, 7) is 2.01. The van der Waals surface area contributed by atoms with E-state index >= 15 is 0 Å².